The second-order valence-corrected chi connectivity index (χ2v) is 16.9. The van der Waals surface area contributed by atoms with Crippen LogP contribution in [0.2, 0.25) is 0 Å². The first kappa shape index (κ1) is 36.8. The van der Waals surface area contributed by atoms with Crippen molar-refractivity contribution in [1.82, 2.24) is 0 Å². The summed E-state index contributed by atoms with van der Waals surface area (Å²) in [6, 6.07) is 89.5. The Hall–Kier alpha value is -8.00. The number of rotatable bonds is 7. The van der Waals surface area contributed by atoms with Gasteiger partial charge in [0, 0.05) is 22.4 Å². The lowest BCUT2D eigenvalue weighted by Crippen LogP contribution is -2.22. The summed E-state index contributed by atoms with van der Waals surface area (Å²) >= 11 is 0. The van der Waals surface area contributed by atoms with E-state index in [4.69, 9.17) is 0 Å². The molecule has 1 atom stereocenters. The molecular weight excluding hydrogens is 759 g/mol. The van der Waals surface area contributed by atoms with Crippen molar-refractivity contribution in [3.8, 4) is 44.5 Å². The Morgan fingerprint density at radius 3 is 1.62 bits per heavy atom. The van der Waals surface area contributed by atoms with Crippen LogP contribution in [-0.4, -0.2) is 0 Å². The fraction of sp³-hybridized carbons (Fsp3) is 0.0323. The van der Waals surface area contributed by atoms with Crippen molar-refractivity contribution >= 4 is 49.4 Å². The van der Waals surface area contributed by atoms with E-state index in [9.17, 15) is 0 Å². The number of nitrogens with zero attached hydrogens (tertiary/aromatic N) is 1. The number of anilines is 3. The molecule has 11 aromatic carbocycles. The minimum absolute atomic E-state index is 0.330. The van der Waals surface area contributed by atoms with Gasteiger partial charge in [0.15, 0.2) is 0 Å². The minimum Gasteiger partial charge on any atom is -0.310 e. The van der Waals surface area contributed by atoms with Gasteiger partial charge in [0.05, 0.1) is 5.69 Å². The highest BCUT2D eigenvalue weighted by Gasteiger charge is 2.41. The van der Waals surface area contributed by atoms with Crippen molar-refractivity contribution in [1.29, 1.82) is 0 Å². The largest absolute Gasteiger partial charge is 0.310 e. The van der Waals surface area contributed by atoms with Crippen LogP contribution in [0, 0.1) is 0 Å². The fourth-order valence-electron chi connectivity index (χ4n) is 10.5. The van der Waals surface area contributed by atoms with Gasteiger partial charge in [-0.1, -0.05) is 206 Å². The van der Waals surface area contributed by atoms with E-state index in [-0.39, 0.29) is 5.41 Å². The van der Waals surface area contributed by atoms with Crippen LogP contribution in [0.15, 0.2) is 243 Å². The van der Waals surface area contributed by atoms with E-state index in [0.29, 0.717) is 0 Å². The summed E-state index contributed by atoms with van der Waals surface area (Å²) in [5.41, 5.74) is 16.8. The third-order valence-electron chi connectivity index (χ3n) is 13.5. The fourth-order valence-corrected chi connectivity index (χ4v) is 10.5. The molecule has 12 rings (SSSR count). The van der Waals surface area contributed by atoms with E-state index in [1.807, 2.05) is 0 Å². The van der Waals surface area contributed by atoms with Crippen molar-refractivity contribution in [3.05, 3.63) is 259 Å². The number of hydrogen-bond donors (Lipinski definition) is 0. The van der Waals surface area contributed by atoms with Gasteiger partial charge in [0.2, 0.25) is 0 Å². The summed E-state index contributed by atoms with van der Waals surface area (Å²) in [7, 11) is 0. The van der Waals surface area contributed by atoms with E-state index >= 15 is 0 Å². The summed E-state index contributed by atoms with van der Waals surface area (Å²) in [4.78, 5) is 2.48. The Morgan fingerprint density at radius 1 is 0.317 bits per heavy atom. The molecule has 0 bridgehead atoms. The predicted octanol–water partition coefficient (Wildman–Crippen LogP) is 17.0. The molecule has 0 saturated heterocycles. The Labute approximate surface area is 368 Å². The van der Waals surface area contributed by atoms with E-state index in [1.54, 1.807) is 0 Å². The summed E-state index contributed by atoms with van der Waals surface area (Å²) in [5.74, 6) is 0. The van der Waals surface area contributed by atoms with Crippen LogP contribution in [0.3, 0.4) is 0 Å². The van der Waals surface area contributed by atoms with Gasteiger partial charge in [-0.25, -0.2) is 0 Å². The maximum Gasteiger partial charge on any atom is 0.0540 e. The number of hydrogen-bond acceptors (Lipinski definition) is 1. The third-order valence-corrected chi connectivity index (χ3v) is 13.5. The topological polar surface area (TPSA) is 3.24 Å². The molecular formula is C62H43N. The van der Waals surface area contributed by atoms with Crippen LogP contribution in [0.1, 0.15) is 23.6 Å². The van der Waals surface area contributed by atoms with Gasteiger partial charge in [-0.05, 0) is 131 Å². The molecule has 0 radical (unpaired) electrons. The molecule has 0 aliphatic heterocycles. The van der Waals surface area contributed by atoms with Gasteiger partial charge in [-0.15, -0.1) is 0 Å². The number of para-hydroxylation sites is 1. The normalized spacial score (nSPS) is 14.2. The summed E-state index contributed by atoms with van der Waals surface area (Å²) in [6.45, 7) is 2.40. The molecule has 296 valence electrons. The van der Waals surface area contributed by atoms with Gasteiger partial charge in [0.1, 0.15) is 0 Å². The first-order chi connectivity index (χ1) is 31.1. The average Bonchev–Trinajstić information content (AvgIpc) is 3.62. The average molecular weight is 802 g/mol. The van der Waals surface area contributed by atoms with Crippen molar-refractivity contribution in [3.63, 3.8) is 0 Å². The Morgan fingerprint density at radius 2 is 0.857 bits per heavy atom. The molecule has 0 aromatic heterocycles. The Balaban J connectivity index is 1.12. The van der Waals surface area contributed by atoms with Crippen molar-refractivity contribution < 1.29 is 0 Å². The molecule has 0 saturated carbocycles. The first-order valence-electron chi connectivity index (χ1n) is 21.9. The van der Waals surface area contributed by atoms with Gasteiger partial charge >= 0.3 is 0 Å². The quantitative estimate of drug-likeness (QED) is 0.145. The summed E-state index contributed by atoms with van der Waals surface area (Å²) in [6.07, 6.45) is 0. The lowest BCUT2D eigenvalue weighted by molar-refractivity contribution is 0.714. The zero-order valence-electron chi connectivity index (χ0n) is 35.0. The smallest absolute Gasteiger partial charge is 0.0540 e. The van der Waals surface area contributed by atoms with Gasteiger partial charge in [-0.3, -0.25) is 0 Å². The van der Waals surface area contributed by atoms with Crippen LogP contribution < -0.4 is 4.90 Å². The van der Waals surface area contributed by atoms with Gasteiger partial charge < -0.3 is 4.90 Å². The van der Waals surface area contributed by atoms with Crippen molar-refractivity contribution in [2.45, 2.75) is 12.3 Å². The highest BCUT2D eigenvalue weighted by molar-refractivity contribution is 6.22. The zero-order chi connectivity index (χ0) is 41.9. The maximum atomic E-state index is 2.48. The molecule has 0 spiro atoms. The molecule has 0 amide bonds. The molecule has 0 heterocycles. The Kier molecular flexibility index (Phi) is 8.69. The van der Waals surface area contributed by atoms with Crippen molar-refractivity contribution in [2.24, 2.45) is 0 Å². The first-order valence-corrected chi connectivity index (χ1v) is 21.9. The molecule has 0 fully saturated rings. The second-order valence-electron chi connectivity index (χ2n) is 16.9. The van der Waals surface area contributed by atoms with Gasteiger partial charge in [-0.2, -0.15) is 0 Å². The van der Waals surface area contributed by atoms with E-state index in [1.165, 1.54) is 82.4 Å². The SMILES string of the molecule is CC1(c2ccccc2)c2ccccc2-c2ccc(N(c3ccc4ccccc4c3)c3ccccc3-c3ccc4c(c3)c(-c3ccccc3)c(-c3ccccc3)c3ccccc34)cc21. The predicted molar refractivity (Wildman–Crippen MR) is 267 cm³/mol. The maximum absolute atomic E-state index is 2.48. The van der Waals surface area contributed by atoms with Crippen LogP contribution >= 0.6 is 0 Å². The zero-order valence-corrected chi connectivity index (χ0v) is 35.0. The highest BCUT2D eigenvalue weighted by Crippen LogP contribution is 2.54. The number of fused-ring (bicyclic) bond motifs is 7. The van der Waals surface area contributed by atoms with Crippen LogP contribution in [-0.2, 0) is 5.41 Å². The van der Waals surface area contributed by atoms with Crippen molar-refractivity contribution in [2.75, 3.05) is 4.90 Å². The van der Waals surface area contributed by atoms with E-state index < -0.39 is 0 Å². The Bertz CT molecular complexity index is 3520. The molecule has 11 aromatic rings. The molecule has 1 nitrogen and oxygen atoms in total. The van der Waals surface area contributed by atoms with E-state index in [2.05, 4.69) is 254 Å². The lowest BCUT2D eigenvalue weighted by Gasteiger charge is -2.31. The molecule has 1 aliphatic carbocycles. The standard InChI is InChI=1S/C62H43N/c1-62(47-25-9-4-10-26-47)57-31-17-15-29-53(57)54-38-36-49(41-58(54)62)63(48-35-33-42-19-11-12-24-45(42)39-48)59-32-18-16-27-50(59)46-34-37-52-51-28-13-14-30-55(51)60(43-20-5-2-6-21-43)61(56(52)40-46)44-22-7-3-8-23-44/h2-41H,1H3. The second kappa shape index (κ2) is 14.9. The third kappa shape index (κ3) is 5.92. The summed E-state index contributed by atoms with van der Waals surface area (Å²) < 4.78 is 0. The van der Waals surface area contributed by atoms with Gasteiger partial charge in [0.25, 0.3) is 0 Å². The van der Waals surface area contributed by atoms with Crippen LogP contribution in [0.5, 0.6) is 0 Å². The highest BCUT2D eigenvalue weighted by atomic mass is 15.1. The monoisotopic (exact) mass is 801 g/mol. The lowest BCUT2D eigenvalue weighted by atomic mass is 9.74. The van der Waals surface area contributed by atoms with E-state index in [0.717, 1.165) is 28.2 Å². The minimum atomic E-state index is -0.330. The molecule has 0 N–H and O–H groups in total. The summed E-state index contributed by atoms with van der Waals surface area (Å²) in [5, 5.41) is 7.42. The molecule has 63 heavy (non-hydrogen) atoms. The molecule has 1 unspecified atom stereocenters. The number of benzene rings is 11. The molecule has 1 aliphatic rings. The molecule has 1 heteroatoms. The van der Waals surface area contributed by atoms with Crippen LogP contribution in [0.4, 0.5) is 17.1 Å². The van der Waals surface area contributed by atoms with Crippen LogP contribution in [0.25, 0.3) is 76.8 Å².